The zero-order valence-electron chi connectivity index (χ0n) is 13.4. The number of hydrogen-bond donors (Lipinski definition) is 0. The van der Waals surface area contributed by atoms with E-state index < -0.39 is 10.1 Å². The van der Waals surface area contributed by atoms with Crippen molar-refractivity contribution in [2.75, 3.05) is 26.9 Å². The number of ether oxygens (including phenoxy) is 2. The number of aromatic nitrogens is 2. The Labute approximate surface area is 141 Å². The minimum atomic E-state index is -3.90. The summed E-state index contributed by atoms with van der Waals surface area (Å²) in [6.45, 7) is 1.83. The van der Waals surface area contributed by atoms with Crippen molar-refractivity contribution in [1.82, 2.24) is 9.78 Å². The van der Waals surface area contributed by atoms with Gasteiger partial charge in [-0.15, -0.1) is 0 Å². The molecule has 1 saturated heterocycles. The van der Waals surface area contributed by atoms with Gasteiger partial charge < -0.3 is 13.7 Å². The van der Waals surface area contributed by atoms with E-state index in [0.29, 0.717) is 19.8 Å². The van der Waals surface area contributed by atoms with Gasteiger partial charge in [0.15, 0.2) is 0 Å². The average Bonchev–Trinajstić information content (AvgIpc) is 3.25. The molecule has 24 heavy (non-hydrogen) atoms. The highest BCUT2D eigenvalue weighted by Crippen LogP contribution is 2.22. The molecule has 1 aromatic heterocycles. The molecule has 1 atom stereocenters. The summed E-state index contributed by atoms with van der Waals surface area (Å²) in [5.41, 5.74) is 1.05. The quantitative estimate of drug-likeness (QED) is 0.707. The van der Waals surface area contributed by atoms with Gasteiger partial charge >= 0.3 is 10.1 Å². The molecule has 1 aliphatic rings. The van der Waals surface area contributed by atoms with Gasteiger partial charge in [-0.3, -0.25) is 4.68 Å². The van der Waals surface area contributed by atoms with Gasteiger partial charge in [0, 0.05) is 19.9 Å². The van der Waals surface area contributed by atoms with Gasteiger partial charge in [0.25, 0.3) is 0 Å². The van der Waals surface area contributed by atoms with E-state index in [2.05, 4.69) is 5.10 Å². The monoisotopic (exact) mass is 352 g/mol. The van der Waals surface area contributed by atoms with E-state index in [0.717, 1.165) is 18.4 Å². The maximum Gasteiger partial charge on any atom is 0.342 e. The van der Waals surface area contributed by atoms with Crippen LogP contribution in [0.4, 0.5) is 0 Å². The molecule has 0 saturated carbocycles. The Morgan fingerprint density at radius 1 is 1.33 bits per heavy atom. The summed E-state index contributed by atoms with van der Waals surface area (Å²) in [4.78, 5) is 0.0397. The molecule has 1 aromatic carbocycles. The van der Waals surface area contributed by atoms with Gasteiger partial charge in [0.2, 0.25) is 0 Å². The number of nitrogens with zero attached hydrogens (tertiary/aromatic N) is 2. The van der Waals surface area contributed by atoms with E-state index in [4.69, 9.17) is 13.7 Å². The molecule has 8 heteroatoms. The number of benzene rings is 1. The smallest absolute Gasteiger partial charge is 0.342 e. The lowest BCUT2D eigenvalue weighted by Crippen LogP contribution is -2.11. The van der Waals surface area contributed by atoms with Crippen LogP contribution >= 0.6 is 0 Å². The Balaban J connectivity index is 1.69. The van der Waals surface area contributed by atoms with Gasteiger partial charge in [-0.25, -0.2) is 0 Å². The SMILES string of the molecule is COCCc1ccc(OS(=O)(=O)c2cnn(C3CCOC3)c2)cc1. The van der Waals surface area contributed by atoms with Crippen LogP contribution in [0.25, 0.3) is 0 Å². The van der Waals surface area contributed by atoms with Crippen molar-refractivity contribution < 1.29 is 22.1 Å². The molecular formula is C16H20N2O5S. The predicted octanol–water partition coefficient (Wildman–Crippen LogP) is 1.80. The molecule has 130 valence electrons. The summed E-state index contributed by atoms with van der Waals surface area (Å²) in [5.74, 6) is 0.271. The van der Waals surface area contributed by atoms with Crippen LogP contribution in [-0.4, -0.2) is 45.1 Å². The molecule has 7 nitrogen and oxygen atoms in total. The molecule has 3 rings (SSSR count). The first-order chi connectivity index (χ1) is 11.6. The minimum absolute atomic E-state index is 0.0397. The Bertz CT molecular complexity index is 764. The maximum absolute atomic E-state index is 12.4. The van der Waals surface area contributed by atoms with Crippen molar-refractivity contribution in [2.24, 2.45) is 0 Å². The third-order valence-corrected chi connectivity index (χ3v) is 5.07. The first-order valence-corrected chi connectivity index (χ1v) is 9.13. The summed E-state index contributed by atoms with van der Waals surface area (Å²) in [7, 11) is -2.26. The van der Waals surface area contributed by atoms with Crippen LogP contribution in [0, 0.1) is 0 Å². The molecule has 0 bridgehead atoms. The summed E-state index contributed by atoms with van der Waals surface area (Å²) < 4.78 is 41.8. The van der Waals surface area contributed by atoms with Crippen molar-refractivity contribution in [3.05, 3.63) is 42.2 Å². The van der Waals surface area contributed by atoms with Crippen LogP contribution in [0.2, 0.25) is 0 Å². The molecular weight excluding hydrogens is 332 g/mol. The van der Waals surface area contributed by atoms with Crippen molar-refractivity contribution in [1.29, 1.82) is 0 Å². The fraction of sp³-hybridized carbons (Fsp3) is 0.438. The lowest BCUT2D eigenvalue weighted by molar-refractivity contribution is 0.184. The van der Waals surface area contributed by atoms with Gasteiger partial charge in [-0.2, -0.15) is 13.5 Å². The van der Waals surface area contributed by atoms with Gasteiger partial charge in [0.1, 0.15) is 10.6 Å². The van der Waals surface area contributed by atoms with E-state index in [1.807, 2.05) is 12.1 Å². The largest absolute Gasteiger partial charge is 0.384 e. The minimum Gasteiger partial charge on any atom is -0.384 e. The second-order valence-corrected chi connectivity index (χ2v) is 7.14. The Morgan fingerprint density at radius 2 is 2.12 bits per heavy atom. The average molecular weight is 352 g/mol. The highest BCUT2D eigenvalue weighted by molar-refractivity contribution is 7.87. The summed E-state index contributed by atoms with van der Waals surface area (Å²) in [6, 6.07) is 7.00. The predicted molar refractivity (Wildman–Crippen MR) is 86.5 cm³/mol. The first-order valence-electron chi connectivity index (χ1n) is 7.73. The maximum atomic E-state index is 12.4. The van der Waals surface area contributed by atoms with E-state index in [-0.39, 0.29) is 16.7 Å². The van der Waals surface area contributed by atoms with Crippen LogP contribution in [0.3, 0.4) is 0 Å². The molecule has 0 amide bonds. The Morgan fingerprint density at radius 3 is 2.79 bits per heavy atom. The molecule has 1 aliphatic heterocycles. The van der Waals surface area contributed by atoms with Crippen LogP contribution in [-0.2, 0) is 26.0 Å². The molecule has 0 aliphatic carbocycles. The normalized spacial score (nSPS) is 18.0. The van der Waals surface area contributed by atoms with Crippen molar-refractivity contribution in [3.63, 3.8) is 0 Å². The van der Waals surface area contributed by atoms with E-state index in [9.17, 15) is 8.42 Å². The molecule has 1 fully saturated rings. The van der Waals surface area contributed by atoms with Crippen molar-refractivity contribution in [2.45, 2.75) is 23.8 Å². The summed E-state index contributed by atoms with van der Waals surface area (Å²) >= 11 is 0. The molecule has 2 heterocycles. The highest BCUT2D eigenvalue weighted by Gasteiger charge is 2.23. The second-order valence-electron chi connectivity index (χ2n) is 5.60. The zero-order valence-corrected chi connectivity index (χ0v) is 14.2. The fourth-order valence-electron chi connectivity index (χ4n) is 2.49. The fourth-order valence-corrected chi connectivity index (χ4v) is 3.36. The van der Waals surface area contributed by atoms with Gasteiger partial charge in [-0.1, -0.05) is 12.1 Å². The van der Waals surface area contributed by atoms with Crippen molar-refractivity contribution >= 4 is 10.1 Å². The van der Waals surface area contributed by atoms with E-state index in [1.54, 1.807) is 23.9 Å². The Hall–Kier alpha value is -1.90. The number of rotatable bonds is 7. The van der Waals surface area contributed by atoms with Crippen LogP contribution in [0.1, 0.15) is 18.0 Å². The first kappa shape index (κ1) is 16.9. The lowest BCUT2D eigenvalue weighted by atomic mass is 10.1. The Kier molecular flexibility index (Phi) is 5.17. The third kappa shape index (κ3) is 3.95. The molecule has 0 spiro atoms. The van der Waals surface area contributed by atoms with E-state index in [1.165, 1.54) is 12.4 Å². The number of methoxy groups -OCH3 is 1. The molecule has 0 N–H and O–H groups in total. The molecule has 1 unspecified atom stereocenters. The van der Waals surface area contributed by atoms with Crippen LogP contribution in [0.15, 0.2) is 41.6 Å². The topological polar surface area (TPSA) is 79.7 Å². The summed E-state index contributed by atoms with van der Waals surface area (Å²) in [5, 5.41) is 4.12. The standard InChI is InChI=1S/C16H20N2O5S/c1-21-8-6-13-2-4-15(5-3-13)23-24(19,20)16-10-17-18(11-16)14-7-9-22-12-14/h2-5,10-11,14H,6-9,12H2,1H3. The third-order valence-electron chi connectivity index (χ3n) is 3.87. The van der Waals surface area contributed by atoms with Gasteiger partial charge in [0.05, 0.1) is 25.5 Å². The lowest BCUT2D eigenvalue weighted by Gasteiger charge is -2.08. The molecule has 0 radical (unpaired) electrons. The van der Waals surface area contributed by atoms with Crippen molar-refractivity contribution in [3.8, 4) is 5.75 Å². The van der Waals surface area contributed by atoms with Crippen LogP contribution in [0.5, 0.6) is 5.75 Å². The summed E-state index contributed by atoms with van der Waals surface area (Å²) in [6.07, 6.45) is 4.38. The van der Waals surface area contributed by atoms with E-state index >= 15 is 0 Å². The molecule has 2 aromatic rings. The number of hydrogen-bond acceptors (Lipinski definition) is 6. The van der Waals surface area contributed by atoms with Gasteiger partial charge in [-0.05, 0) is 30.5 Å². The second kappa shape index (κ2) is 7.33. The zero-order chi connectivity index (χ0) is 17.0. The van der Waals surface area contributed by atoms with Crippen LogP contribution < -0.4 is 4.18 Å². The highest BCUT2D eigenvalue weighted by atomic mass is 32.2.